The van der Waals surface area contributed by atoms with Crippen molar-refractivity contribution in [1.82, 2.24) is 14.9 Å². The predicted molar refractivity (Wildman–Crippen MR) is 108 cm³/mol. The van der Waals surface area contributed by atoms with Crippen LogP contribution in [0.1, 0.15) is 19.4 Å². The Morgan fingerprint density at radius 3 is 2.68 bits per heavy atom. The van der Waals surface area contributed by atoms with Crippen molar-refractivity contribution in [3.8, 4) is 11.4 Å². The molecule has 144 valence electrons. The van der Waals surface area contributed by atoms with E-state index in [0.29, 0.717) is 16.5 Å². The average Bonchev–Trinajstić information content (AvgIpc) is 3.21. The van der Waals surface area contributed by atoms with Crippen LogP contribution in [-0.2, 0) is 11.2 Å². The predicted octanol–water partition coefficient (Wildman–Crippen LogP) is 3.26. The lowest BCUT2D eigenvalue weighted by Gasteiger charge is -2.25. The molecule has 0 aliphatic carbocycles. The van der Waals surface area contributed by atoms with E-state index in [1.807, 2.05) is 36.9 Å². The summed E-state index contributed by atoms with van der Waals surface area (Å²) in [5, 5.41) is 8.25. The molecule has 2 aromatic carbocycles. The molecule has 1 aromatic heterocycles. The molecular weight excluding hydrogens is 377 g/mol. The van der Waals surface area contributed by atoms with Gasteiger partial charge in [0, 0.05) is 17.3 Å². The molecule has 8 heteroatoms. The third-order valence-corrected chi connectivity index (χ3v) is 5.89. The van der Waals surface area contributed by atoms with Gasteiger partial charge in [-0.25, -0.2) is 9.07 Å². The normalized spacial score (nSPS) is 16.8. The van der Waals surface area contributed by atoms with E-state index in [4.69, 9.17) is 5.84 Å². The first-order valence-electron chi connectivity index (χ1n) is 8.99. The highest BCUT2D eigenvalue weighted by atomic mass is 32.2. The van der Waals surface area contributed by atoms with E-state index < -0.39 is 0 Å². The van der Waals surface area contributed by atoms with E-state index in [1.165, 1.54) is 34.1 Å². The summed E-state index contributed by atoms with van der Waals surface area (Å²) in [5.74, 6) is 6.23. The summed E-state index contributed by atoms with van der Waals surface area (Å²) in [7, 11) is 0. The van der Waals surface area contributed by atoms with Crippen molar-refractivity contribution < 1.29 is 9.18 Å². The van der Waals surface area contributed by atoms with E-state index in [0.717, 1.165) is 12.1 Å². The fourth-order valence-electron chi connectivity index (χ4n) is 3.46. The molecule has 2 N–H and O–H groups in total. The summed E-state index contributed by atoms with van der Waals surface area (Å²) in [6, 6.07) is 14.0. The Bertz CT molecular complexity index is 1020. The highest BCUT2D eigenvalue weighted by Gasteiger charge is 2.34. The first-order valence-corrected chi connectivity index (χ1v) is 9.87. The van der Waals surface area contributed by atoms with E-state index in [9.17, 15) is 9.18 Å². The molecule has 2 unspecified atom stereocenters. The second-order valence-corrected chi connectivity index (χ2v) is 8.14. The monoisotopic (exact) mass is 397 g/mol. The van der Waals surface area contributed by atoms with E-state index in [2.05, 4.69) is 16.3 Å². The van der Waals surface area contributed by atoms with Crippen molar-refractivity contribution >= 4 is 23.4 Å². The molecule has 2 atom stereocenters. The minimum absolute atomic E-state index is 0.00813. The summed E-state index contributed by atoms with van der Waals surface area (Å²) >= 11 is 1.26. The number of hydrogen-bond donors (Lipinski definition) is 1. The van der Waals surface area contributed by atoms with Crippen LogP contribution in [-0.4, -0.2) is 32.1 Å². The van der Waals surface area contributed by atoms with Crippen LogP contribution in [0.3, 0.4) is 0 Å². The van der Waals surface area contributed by atoms with Gasteiger partial charge in [0.25, 0.3) is 0 Å². The lowest BCUT2D eigenvalue weighted by Crippen LogP contribution is -2.40. The molecule has 0 spiro atoms. The molecule has 4 rings (SSSR count). The Morgan fingerprint density at radius 1 is 1.21 bits per heavy atom. The van der Waals surface area contributed by atoms with Gasteiger partial charge in [0.2, 0.25) is 11.1 Å². The second kappa shape index (κ2) is 7.27. The van der Waals surface area contributed by atoms with E-state index in [-0.39, 0.29) is 23.0 Å². The molecule has 3 aromatic rings. The van der Waals surface area contributed by atoms with Gasteiger partial charge in [-0.15, -0.1) is 10.2 Å². The quantitative estimate of drug-likeness (QED) is 0.540. The third-order valence-electron chi connectivity index (χ3n) is 4.84. The number of nitrogen functional groups attached to an aromatic ring is 1. The number of nitrogens with two attached hydrogens (primary N) is 1. The smallest absolute Gasteiger partial charge is 0.240 e. The molecule has 1 aliphatic rings. The summed E-state index contributed by atoms with van der Waals surface area (Å²) in [6.45, 7) is 3.89. The number of nitrogens with zero attached hydrogens (tertiary/aromatic N) is 4. The Hall–Kier alpha value is -2.87. The van der Waals surface area contributed by atoms with Crippen molar-refractivity contribution in [2.75, 3.05) is 10.7 Å². The van der Waals surface area contributed by atoms with E-state index >= 15 is 0 Å². The number of fused-ring (bicyclic) bond motifs is 1. The maximum Gasteiger partial charge on any atom is 0.240 e. The maximum atomic E-state index is 13.1. The fraction of sp³-hybridized carbons (Fsp3) is 0.250. The first-order chi connectivity index (χ1) is 13.5. The molecule has 0 saturated carbocycles. The van der Waals surface area contributed by atoms with E-state index in [1.54, 1.807) is 12.1 Å². The summed E-state index contributed by atoms with van der Waals surface area (Å²) < 4.78 is 14.5. The van der Waals surface area contributed by atoms with Crippen LogP contribution < -0.4 is 10.7 Å². The second-order valence-electron chi connectivity index (χ2n) is 6.83. The van der Waals surface area contributed by atoms with Crippen molar-refractivity contribution in [2.45, 2.75) is 36.7 Å². The molecule has 0 fully saturated rings. The molecule has 6 nitrogen and oxygen atoms in total. The summed E-state index contributed by atoms with van der Waals surface area (Å²) in [5.41, 5.74) is 2.80. The number of thioether (sulfide) groups is 1. The number of para-hydroxylation sites is 1. The van der Waals surface area contributed by atoms with Gasteiger partial charge in [0.1, 0.15) is 5.82 Å². The van der Waals surface area contributed by atoms with Crippen molar-refractivity contribution in [1.29, 1.82) is 0 Å². The molecule has 0 radical (unpaired) electrons. The third kappa shape index (κ3) is 3.24. The highest BCUT2D eigenvalue weighted by Crippen LogP contribution is 2.34. The van der Waals surface area contributed by atoms with Gasteiger partial charge < -0.3 is 10.7 Å². The number of amides is 1. The van der Waals surface area contributed by atoms with Gasteiger partial charge in [-0.2, -0.15) is 0 Å². The first kappa shape index (κ1) is 18.5. The van der Waals surface area contributed by atoms with Crippen molar-refractivity contribution in [3.63, 3.8) is 0 Å². The molecule has 28 heavy (non-hydrogen) atoms. The summed E-state index contributed by atoms with van der Waals surface area (Å²) in [6.07, 6.45) is 0.848. The number of carbonyl (C=O) groups is 1. The molecule has 1 aliphatic heterocycles. The molecule has 2 heterocycles. The number of halogens is 1. The fourth-order valence-corrected chi connectivity index (χ4v) is 4.28. The van der Waals surface area contributed by atoms with Crippen molar-refractivity contribution in [3.05, 3.63) is 59.9 Å². The minimum atomic E-state index is -0.388. The SMILES string of the molecule is CC(Sc1nnc(-c2ccc(F)cc2)n1N)C(=O)N1c2ccccc2CC1C. The Kier molecular flexibility index (Phi) is 4.80. The van der Waals surface area contributed by atoms with Gasteiger partial charge in [0.15, 0.2) is 5.82 Å². The number of aromatic nitrogens is 3. The number of anilines is 1. The van der Waals surface area contributed by atoms with Crippen molar-refractivity contribution in [2.24, 2.45) is 0 Å². The van der Waals surface area contributed by atoms with Gasteiger partial charge in [-0.3, -0.25) is 4.79 Å². The lowest BCUT2D eigenvalue weighted by molar-refractivity contribution is -0.118. The number of rotatable bonds is 4. The Balaban J connectivity index is 1.53. The molecular formula is C20H20FN5OS. The number of hydrogen-bond acceptors (Lipinski definition) is 5. The van der Waals surface area contributed by atoms with Gasteiger partial charge in [0.05, 0.1) is 5.25 Å². The largest absolute Gasteiger partial charge is 0.335 e. The zero-order valence-corrected chi connectivity index (χ0v) is 16.4. The zero-order chi connectivity index (χ0) is 19.8. The van der Waals surface area contributed by atoms with Crippen LogP contribution in [0.2, 0.25) is 0 Å². The highest BCUT2D eigenvalue weighted by molar-refractivity contribution is 8.00. The van der Waals surface area contributed by atoms with Crippen LogP contribution >= 0.6 is 11.8 Å². The number of benzene rings is 2. The molecule has 1 amide bonds. The van der Waals surface area contributed by atoms with Crippen LogP contribution in [0.5, 0.6) is 0 Å². The van der Waals surface area contributed by atoms with Gasteiger partial charge >= 0.3 is 0 Å². The standard InChI is InChI=1S/C20H20FN5OS/c1-12-11-15-5-3-4-6-17(15)25(12)19(27)13(2)28-20-24-23-18(26(20)22)14-7-9-16(21)10-8-14/h3-10,12-13H,11,22H2,1-2H3. The van der Waals surface area contributed by atoms with Crippen LogP contribution in [0.15, 0.2) is 53.7 Å². The van der Waals surface area contributed by atoms with Crippen LogP contribution in [0.4, 0.5) is 10.1 Å². The topological polar surface area (TPSA) is 77.0 Å². The van der Waals surface area contributed by atoms with Crippen LogP contribution in [0, 0.1) is 5.82 Å². The zero-order valence-electron chi connectivity index (χ0n) is 15.5. The van der Waals surface area contributed by atoms with Gasteiger partial charge in [-0.1, -0.05) is 30.0 Å². The van der Waals surface area contributed by atoms with Gasteiger partial charge in [-0.05, 0) is 56.2 Å². The minimum Gasteiger partial charge on any atom is -0.335 e. The number of carbonyl (C=O) groups excluding carboxylic acids is 1. The molecule has 0 bridgehead atoms. The summed E-state index contributed by atoms with van der Waals surface area (Å²) in [4.78, 5) is 15.0. The van der Waals surface area contributed by atoms with Crippen LogP contribution in [0.25, 0.3) is 11.4 Å². The average molecular weight is 397 g/mol. The Labute approximate surface area is 166 Å². The molecule has 0 saturated heterocycles. The maximum absolute atomic E-state index is 13.1. The Morgan fingerprint density at radius 2 is 1.93 bits per heavy atom. The lowest BCUT2D eigenvalue weighted by atomic mass is 10.1.